The van der Waals surface area contributed by atoms with E-state index in [1.807, 2.05) is 12.1 Å². The van der Waals surface area contributed by atoms with E-state index in [0.29, 0.717) is 18.4 Å². The summed E-state index contributed by atoms with van der Waals surface area (Å²) in [6.45, 7) is 15.0. The van der Waals surface area contributed by atoms with Crippen LogP contribution in [0.25, 0.3) is 41.1 Å². The van der Waals surface area contributed by atoms with Gasteiger partial charge in [-0.15, -0.1) is 22.7 Å². The summed E-state index contributed by atoms with van der Waals surface area (Å²) in [4.78, 5) is 14.3. The van der Waals surface area contributed by atoms with E-state index < -0.39 is 18.2 Å². The van der Waals surface area contributed by atoms with Crippen molar-refractivity contribution in [2.75, 3.05) is 26.4 Å². The third kappa shape index (κ3) is 13.3. The molecule has 1 atom stereocenters. The number of hydrogen-bond donors (Lipinski definition) is 1. The van der Waals surface area contributed by atoms with Crippen LogP contribution < -0.4 is 9.47 Å². The number of carbonyl (C=O) groups excluding carboxylic acids is 1. The second-order valence-corrected chi connectivity index (χ2v) is 18.7. The molecule has 0 fully saturated rings. The first-order valence-corrected chi connectivity index (χ1v) is 24.5. The van der Waals surface area contributed by atoms with Crippen LogP contribution in [0.2, 0.25) is 0 Å². The second-order valence-electron chi connectivity index (χ2n) is 16.5. The molecule has 1 unspecified atom stereocenters. The molecule has 0 saturated heterocycles. The van der Waals surface area contributed by atoms with Crippen molar-refractivity contribution >= 4 is 48.8 Å². The summed E-state index contributed by atoms with van der Waals surface area (Å²) >= 11 is 3.59. The van der Waals surface area contributed by atoms with E-state index >= 15 is 0 Å². The highest BCUT2D eigenvalue weighted by Gasteiger charge is 2.18. The van der Waals surface area contributed by atoms with Crippen LogP contribution in [0.15, 0.2) is 97.1 Å². The van der Waals surface area contributed by atoms with Crippen molar-refractivity contribution in [3.8, 4) is 32.4 Å². The number of rotatable bonds is 26. The molecule has 1 N–H and O–H groups in total. The fraction of sp³-hybridized carbons (Fsp3) is 0.426. The molecule has 330 valence electrons. The van der Waals surface area contributed by atoms with Crippen LogP contribution in [0.5, 0.6) is 11.5 Å². The zero-order chi connectivity index (χ0) is 43.8. The first-order chi connectivity index (χ1) is 30.2. The van der Waals surface area contributed by atoms with E-state index in [1.165, 1.54) is 102 Å². The molecule has 6 rings (SSSR count). The monoisotopic (exact) mass is 874 g/mol. The van der Waals surface area contributed by atoms with Crippen LogP contribution in [-0.4, -0.2) is 49.7 Å². The molecule has 0 aliphatic carbocycles. The Labute approximate surface area is 377 Å². The van der Waals surface area contributed by atoms with Crippen molar-refractivity contribution < 1.29 is 28.8 Å². The van der Waals surface area contributed by atoms with Crippen LogP contribution in [0.3, 0.4) is 0 Å². The molecule has 0 bridgehead atoms. The highest BCUT2D eigenvalue weighted by Crippen LogP contribution is 2.39. The van der Waals surface area contributed by atoms with Crippen molar-refractivity contribution in [3.05, 3.63) is 119 Å². The average molecular weight is 875 g/mol. The van der Waals surface area contributed by atoms with Crippen LogP contribution >= 0.6 is 22.7 Å². The van der Waals surface area contributed by atoms with Gasteiger partial charge in [-0.25, -0.2) is 4.79 Å². The van der Waals surface area contributed by atoms with Gasteiger partial charge in [-0.3, -0.25) is 0 Å². The Kier molecular flexibility index (Phi) is 18.1. The molecule has 0 aliphatic rings. The van der Waals surface area contributed by atoms with Crippen molar-refractivity contribution in [1.29, 1.82) is 0 Å². The average Bonchev–Trinajstić information content (AvgIpc) is 3.91. The van der Waals surface area contributed by atoms with E-state index in [-0.39, 0.29) is 26.4 Å². The minimum Gasteiger partial charge on any atom is -0.491 e. The number of carbonyl (C=O) groups is 1. The van der Waals surface area contributed by atoms with E-state index in [4.69, 9.17) is 18.9 Å². The van der Waals surface area contributed by atoms with Gasteiger partial charge in [0.05, 0.1) is 19.3 Å². The largest absolute Gasteiger partial charge is 0.491 e. The number of benzene rings is 4. The lowest BCUT2D eigenvalue weighted by molar-refractivity contribution is -0.139. The summed E-state index contributed by atoms with van der Waals surface area (Å²) in [6, 6.07) is 31.1. The number of aliphatic hydroxyl groups excluding tert-OH is 1. The first-order valence-electron chi connectivity index (χ1n) is 22.9. The molecule has 6 aromatic rings. The van der Waals surface area contributed by atoms with Gasteiger partial charge in [0.15, 0.2) is 0 Å². The Balaban J connectivity index is 1.13. The van der Waals surface area contributed by atoms with Gasteiger partial charge < -0.3 is 24.1 Å². The molecule has 0 spiro atoms. The predicted molar refractivity (Wildman–Crippen MR) is 261 cm³/mol. The lowest BCUT2D eigenvalue weighted by Gasteiger charge is -2.21. The van der Waals surface area contributed by atoms with Crippen LogP contribution in [0.4, 0.5) is 0 Å². The predicted octanol–water partition coefficient (Wildman–Crippen LogP) is 14.1. The SMILES string of the molecule is C=C(C)C(=O)OCCCC(O)COC(COc1ccc2cc(-c3ccc(CCCCC)cc3CC)sc2c1)COc1ccc2cc(-c3ccc(CCCCC)cc3CC)sc2c1. The summed E-state index contributed by atoms with van der Waals surface area (Å²) in [5.74, 6) is 1.10. The normalized spacial score (nSPS) is 12.0. The Bertz CT molecular complexity index is 2230. The number of esters is 1. The maximum Gasteiger partial charge on any atom is 0.333 e. The minimum atomic E-state index is -0.736. The van der Waals surface area contributed by atoms with Crippen molar-refractivity contribution in [1.82, 2.24) is 0 Å². The second kappa shape index (κ2) is 23.8. The highest BCUT2D eigenvalue weighted by atomic mass is 32.1. The van der Waals surface area contributed by atoms with Gasteiger partial charge in [0.25, 0.3) is 0 Å². The first kappa shape index (κ1) is 47.0. The molecule has 0 radical (unpaired) electrons. The number of hydrogen-bond acceptors (Lipinski definition) is 8. The number of aliphatic hydroxyl groups is 1. The molecule has 0 saturated carbocycles. The van der Waals surface area contributed by atoms with Gasteiger partial charge in [-0.05, 0) is 151 Å². The summed E-state index contributed by atoms with van der Waals surface area (Å²) in [6.07, 6.45) is 11.5. The highest BCUT2D eigenvalue weighted by molar-refractivity contribution is 7.22. The lowest BCUT2D eigenvalue weighted by atomic mass is 9.98. The molecule has 4 aromatic carbocycles. The summed E-state index contributed by atoms with van der Waals surface area (Å²) < 4.78 is 26.6. The van der Waals surface area contributed by atoms with Crippen LogP contribution in [-0.2, 0) is 40.0 Å². The number of unbranched alkanes of at least 4 members (excludes halogenated alkanes) is 4. The Hall–Kier alpha value is -4.47. The van der Waals surface area contributed by atoms with Crippen LogP contribution in [0.1, 0.15) is 108 Å². The Morgan fingerprint density at radius 3 is 1.63 bits per heavy atom. The fourth-order valence-corrected chi connectivity index (χ4v) is 10.1. The third-order valence-electron chi connectivity index (χ3n) is 11.4. The van der Waals surface area contributed by atoms with E-state index in [1.54, 1.807) is 29.6 Å². The van der Waals surface area contributed by atoms with E-state index in [9.17, 15) is 9.90 Å². The van der Waals surface area contributed by atoms with E-state index in [2.05, 4.69) is 107 Å². The summed E-state index contributed by atoms with van der Waals surface area (Å²) in [5.41, 5.74) is 8.61. The van der Waals surface area contributed by atoms with Gasteiger partial charge in [0.1, 0.15) is 30.8 Å². The molecule has 2 heterocycles. The number of thiophene rings is 2. The van der Waals surface area contributed by atoms with Crippen molar-refractivity contribution in [3.63, 3.8) is 0 Å². The third-order valence-corrected chi connectivity index (χ3v) is 13.7. The summed E-state index contributed by atoms with van der Waals surface area (Å²) in [7, 11) is 0. The number of ether oxygens (including phenoxy) is 4. The lowest BCUT2D eigenvalue weighted by Crippen LogP contribution is -2.32. The van der Waals surface area contributed by atoms with Gasteiger partial charge in [-0.2, -0.15) is 0 Å². The topological polar surface area (TPSA) is 74.2 Å². The Morgan fingerprint density at radius 2 is 1.16 bits per heavy atom. The van der Waals surface area contributed by atoms with Gasteiger partial charge in [0, 0.05) is 24.7 Å². The van der Waals surface area contributed by atoms with Gasteiger partial charge >= 0.3 is 5.97 Å². The molecule has 2 aromatic heterocycles. The zero-order valence-electron chi connectivity index (χ0n) is 37.6. The smallest absolute Gasteiger partial charge is 0.333 e. The standard InChI is InChI=1S/C54H66O6S2/c1-7-11-13-16-38-19-25-48(40(9-3)28-38)52-30-42-21-23-45(32-50(42)61-52)59-35-47(58-34-44(55)18-15-27-57-54(56)37(5)6)36-60-46-24-22-43-31-53(62-51(43)33-46)49-26-20-39(17-14-12-8-2)29-41(49)10-4/h19-26,28-33,44,47,55H,5,7-18,27,34-36H2,1-4,6H3. The number of fused-ring (bicyclic) bond motifs is 2. The quantitative estimate of drug-likeness (QED) is 0.0332. The summed E-state index contributed by atoms with van der Waals surface area (Å²) in [5, 5.41) is 13.2. The maximum atomic E-state index is 11.8. The van der Waals surface area contributed by atoms with Crippen molar-refractivity contribution in [2.45, 2.75) is 124 Å². The van der Waals surface area contributed by atoms with Gasteiger partial charge in [-0.1, -0.05) is 96.4 Å². The molecule has 6 nitrogen and oxygen atoms in total. The molecular weight excluding hydrogens is 809 g/mol. The van der Waals surface area contributed by atoms with E-state index in [0.717, 1.165) is 37.2 Å². The van der Waals surface area contributed by atoms with Crippen molar-refractivity contribution in [2.24, 2.45) is 0 Å². The molecule has 62 heavy (non-hydrogen) atoms. The fourth-order valence-electron chi connectivity index (χ4n) is 7.76. The molecule has 0 amide bonds. The van der Waals surface area contributed by atoms with Crippen LogP contribution in [0, 0.1) is 0 Å². The zero-order valence-corrected chi connectivity index (χ0v) is 39.2. The Morgan fingerprint density at radius 1 is 0.645 bits per heavy atom. The molecule has 8 heteroatoms. The van der Waals surface area contributed by atoms with Gasteiger partial charge in [0.2, 0.25) is 0 Å². The maximum absolute atomic E-state index is 11.8. The molecular formula is C54H66O6S2. The minimum absolute atomic E-state index is 0.0980. The number of aryl methyl sites for hydroxylation is 4. The molecule has 0 aliphatic heterocycles.